The van der Waals surface area contributed by atoms with Gasteiger partial charge in [0.05, 0.1) is 0 Å². The molecule has 0 amide bonds. The number of nitrogens with zero attached hydrogens (tertiary/aromatic N) is 3. The van der Waals surface area contributed by atoms with Crippen molar-refractivity contribution in [3.63, 3.8) is 0 Å². The Morgan fingerprint density at radius 3 is 2.23 bits per heavy atom. The zero-order valence-corrected chi connectivity index (χ0v) is 16.0. The first-order valence-corrected chi connectivity index (χ1v) is 8.65. The van der Waals surface area contributed by atoms with Crippen LogP contribution in [0.2, 0.25) is 0 Å². The van der Waals surface area contributed by atoms with Crippen molar-refractivity contribution < 1.29 is 0 Å². The first-order chi connectivity index (χ1) is 12.4. The maximum Gasteiger partial charge on any atom is 0.229 e. The summed E-state index contributed by atoms with van der Waals surface area (Å²) in [5.74, 6) is 1.36. The molecule has 0 saturated heterocycles. The fourth-order valence-corrected chi connectivity index (χ4v) is 2.67. The van der Waals surface area contributed by atoms with Crippen LogP contribution in [-0.4, -0.2) is 24.1 Å². The van der Waals surface area contributed by atoms with Gasteiger partial charge >= 0.3 is 0 Å². The van der Waals surface area contributed by atoms with Gasteiger partial charge in [0, 0.05) is 42.9 Å². The molecule has 2 aromatic carbocycles. The summed E-state index contributed by atoms with van der Waals surface area (Å²) in [5.41, 5.74) is 6.44. The van der Waals surface area contributed by atoms with Gasteiger partial charge in [-0.2, -0.15) is 4.98 Å². The van der Waals surface area contributed by atoms with Gasteiger partial charge in [-0.1, -0.05) is 12.1 Å². The van der Waals surface area contributed by atoms with Gasteiger partial charge in [0.25, 0.3) is 0 Å². The Kier molecular flexibility index (Phi) is 5.07. The summed E-state index contributed by atoms with van der Waals surface area (Å²) in [5, 5.41) is 6.69. The minimum absolute atomic E-state index is 0.589. The fourth-order valence-electron chi connectivity index (χ4n) is 2.67. The van der Waals surface area contributed by atoms with Crippen molar-refractivity contribution in [2.75, 3.05) is 29.6 Å². The molecule has 26 heavy (non-hydrogen) atoms. The molecule has 0 fully saturated rings. The molecule has 0 aliphatic rings. The van der Waals surface area contributed by atoms with Crippen molar-refractivity contribution in [2.45, 2.75) is 20.8 Å². The molecule has 1 heterocycles. The molecule has 1 aromatic heterocycles. The molecule has 3 rings (SSSR count). The number of aromatic nitrogens is 2. The van der Waals surface area contributed by atoms with Crippen molar-refractivity contribution >= 4 is 28.8 Å². The Morgan fingerprint density at radius 2 is 1.54 bits per heavy atom. The first-order valence-electron chi connectivity index (χ1n) is 8.65. The van der Waals surface area contributed by atoms with Gasteiger partial charge in [-0.15, -0.1) is 0 Å². The second-order valence-electron chi connectivity index (χ2n) is 6.73. The van der Waals surface area contributed by atoms with E-state index in [0.29, 0.717) is 5.95 Å². The smallest absolute Gasteiger partial charge is 0.229 e. The third kappa shape index (κ3) is 4.30. The maximum absolute atomic E-state index is 4.61. The number of nitrogens with one attached hydrogen (secondary N) is 2. The normalized spacial score (nSPS) is 10.5. The Bertz CT molecular complexity index is 901. The van der Waals surface area contributed by atoms with Crippen LogP contribution in [0.4, 0.5) is 28.8 Å². The first kappa shape index (κ1) is 17.7. The van der Waals surface area contributed by atoms with E-state index in [-0.39, 0.29) is 0 Å². The van der Waals surface area contributed by atoms with Crippen LogP contribution in [0.3, 0.4) is 0 Å². The van der Waals surface area contributed by atoms with E-state index in [1.165, 1.54) is 5.56 Å². The van der Waals surface area contributed by atoms with Gasteiger partial charge in [-0.05, 0) is 62.2 Å². The zero-order valence-electron chi connectivity index (χ0n) is 16.0. The number of rotatable bonds is 5. The van der Waals surface area contributed by atoms with Crippen molar-refractivity contribution in [3.8, 4) is 0 Å². The Morgan fingerprint density at radius 1 is 0.808 bits per heavy atom. The standard InChI is InChI=1S/C21H25N5/c1-14-6-7-15(2)19(12-14)24-21-22-16(3)13-20(25-21)23-17-8-10-18(11-9-17)26(4)5/h6-13H,1-5H3,(H2,22,23,24,25). The van der Waals surface area contributed by atoms with E-state index in [9.17, 15) is 0 Å². The van der Waals surface area contributed by atoms with Crippen LogP contribution in [0, 0.1) is 20.8 Å². The lowest BCUT2D eigenvalue weighted by molar-refractivity contribution is 1.10. The van der Waals surface area contributed by atoms with Crippen molar-refractivity contribution in [1.29, 1.82) is 0 Å². The summed E-state index contributed by atoms with van der Waals surface area (Å²) >= 11 is 0. The van der Waals surface area contributed by atoms with E-state index >= 15 is 0 Å². The fraction of sp³-hybridized carbons (Fsp3) is 0.238. The minimum Gasteiger partial charge on any atom is -0.378 e. The molecule has 0 unspecified atom stereocenters. The minimum atomic E-state index is 0.589. The van der Waals surface area contributed by atoms with Crippen LogP contribution in [0.5, 0.6) is 0 Å². The molecule has 0 saturated carbocycles. The van der Waals surface area contributed by atoms with E-state index in [4.69, 9.17) is 0 Å². The summed E-state index contributed by atoms with van der Waals surface area (Å²) < 4.78 is 0. The third-order valence-electron chi connectivity index (χ3n) is 4.15. The summed E-state index contributed by atoms with van der Waals surface area (Å²) in [6.45, 7) is 6.12. The molecule has 0 radical (unpaired) electrons. The van der Waals surface area contributed by atoms with Crippen molar-refractivity contribution in [1.82, 2.24) is 9.97 Å². The molecule has 0 aliphatic carbocycles. The highest BCUT2D eigenvalue weighted by Gasteiger charge is 2.06. The molecule has 5 heteroatoms. The molecule has 0 spiro atoms. The topological polar surface area (TPSA) is 53.1 Å². The number of hydrogen-bond acceptors (Lipinski definition) is 5. The average Bonchev–Trinajstić information content (AvgIpc) is 2.58. The lowest BCUT2D eigenvalue weighted by atomic mass is 10.1. The molecule has 0 aliphatic heterocycles. The average molecular weight is 347 g/mol. The van der Waals surface area contributed by atoms with E-state index in [1.807, 2.05) is 39.2 Å². The molecular formula is C21H25N5. The van der Waals surface area contributed by atoms with Crippen molar-refractivity contribution in [3.05, 3.63) is 65.4 Å². The van der Waals surface area contributed by atoms with Crippen LogP contribution in [0.25, 0.3) is 0 Å². The summed E-state index contributed by atoms with van der Waals surface area (Å²) in [7, 11) is 4.06. The van der Waals surface area contributed by atoms with Crippen LogP contribution >= 0.6 is 0 Å². The van der Waals surface area contributed by atoms with Gasteiger partial charge in [-0.3, -0.25) is 0 Å². The van der Waals surface area contributed by atoms with Crippen LogP contribution < -0.4 is 15.5 Å². The van der Waals surface area contributed by atoms with Gasteiger partial charge in [0.2, 0.25) is 5.95 Å². The summed E-state index contributed by atoms with van der Waals surface area (Å²) in [6, 6.07) is 16.5. The van der Waals surface area contributed by atoms with Gasteiger partial charge < -0.3 is 15.5 Å². The lowest BCUT2D eigenvalue weighted by Gasteiger charge is -2.14. The number of aryl methyl sites for hydroxylation is 3. The Balaban J connectivity index is 1.82. The van der Waals surface area contributed by atoms with Gasteiger partial charge in [0.1, 0.15) is 5.82 Å². The molecule has 134 valence electrons. The SMILES string of the molecule is Cc1ccc(C)c(Nc2nc(C)cc(Nc3ccc(N(C)C)cc3)n2)c1. The lowest BCUT2D eigenvalue weighted by Crippen LogP contribution is -2.08. The van der Waals surface area contributed by atoms with Crippen LogP contribution in [0.1, 0.15) is 16.8 Å². The number of benzene rings is 2. The quantitative estimate of drug-likeness (QED) is 0.683. The monoisotopic (exact) mass is 347 g/mol. The predicted octanol–water partition coefficient (Wildman–Crippen LogP) is 4.96. The molecule has 2 N–H and O–H groups in total. The van der Waals surface area contributed by atoms with E-state index < -0.39 is 0 Å². The van der Waals surface area contributed by atoms with Crippen LogP contribution in [-0.2, 0) is 0 Å². The second kappa shape index (κ2) is 7.44. The molecule has 0 bridgehead atoms. The maximum atomic E-state index is 4.61. The van der Waals surface area contributed by atoms with E-state index in [1.54, 1.807) is 0 Å². The summed E-state index contributed by atoms with van der Waals surface area (Å²) in [4.78, 5) is 11.2. The second-order valence-corrected chi connectivity index (χ2v) is 6.73. The molecular weight excluding hydrogens is 322 g/mol. The van der Waals surface area contributed by atoms with E-state index in [0.717, 1.165) is 34.1 Å². The zero-order chi connectivity index (χ0) is 18.7. The molecule has 0 atom stereocenters. The van der Waals surface area contributed by atoms with Crippen molar-refractivity contribution in [2.24, 2.45) is 0 Å². The van der Waals surface area contributed by atoms with Crippen LogP contribution in [0.15, 0.2) is 48.5 Å². The largest absolute Gasteiger partial charge is 0.378 e. The summed E-state index contributed by atoms with van der Waals surface area (Å²) in [6.07, 6.45) is 0. The predicted molar refractivity (Wildman–Crippen MR) is 110 cm³/mol. The van der Waals surface area contributed by atoms with Gasteiger partial charge in [0.15, 0.2) is 0 Å². The Hall–Kier alpha value is -3.08. The highest BCUT2D eigenvalue weighted by molar-refractivity contribution is 5.64. The van der Waals surface area contributed by atoms with Gasteiger partial charge in [-0.25, -0.2) is 4.98 Å². The molecule has 3 aromatic rings. The van der Waals surface area contributed by atoms with E-state index in [2.05, 4.69) is 69.7 Å². The number of anilines is 5. The highest BCUT2D eigenvalue weighted by Crippen LogP contribution is 2.23. The highest BCUT2D eigenvalue weighted by atomic mass is 15.1. The molecule has 5 nitrogen and oxygen atoms in total. The number of hydrogen-bond donors (Lipinski definition) is 2. The third-order valence-corrected chi connectivity index (χ3v) is 4.15. The Labute approximate surface area is 155 Å².